The Morgan fingerprint density at radius 2 is 0.878 bits per heavy atom. The van der Waals surface area contributed by atoms with Gasteiger partial charge in [-0.3, -0.25) is 0 Å². The van der Waals surface area contributed by atoms with E-state index in [0.29, 0.717) is 5.56 Å². The van der Waals surface area contributed by atoms with Crippen LogP contribution in [0, 0.1) is 11.6 Å². The van der Waals surface area contributed by atoms with Crippen LogP contribution in [0.1, 0.15) is 0 Å². The van der Waals surface area contributed by atoms with Crippen LogP contribution in [0.25, 0.3) is 11.1 Å². The molecule has 6 aromatic rings. The summed E-state index contributed by atoms with van der Waals surface area (Å²) in [5.74, 6) is -1.17. The number of anilines is 6. The summed E-state index contributed by atoms with van der Waals surface area (Å²) in [7, 11) is 0. The van der Waals surface area contributed by atoms with Gasteiger partial charge in [-0.15, -0.1) is 0 Å². The lowest BCUT2D eigenvalue weighted by atomic mass is 9.33. The van der Waals surface area contributed by atoms with Crippen molar-refractivity contribution in [3.8, 4) is 11.1 Å². The summed E-state index contributed by atoms with van der Waals surface area (Å²) in [5, 5.41) is 0. The highest BCUT2D eigenvalue weighted by Crippen LogP contribution is 2.46. The highest BCUT2D eigenvalue weighted by atomic mass is 19.1. The van der Waals surface area contributed by atoms with Crippen LogP contribution in [0.4, 0.5) is 42.9 Å². The minimum Gasteiger partial charge on any atom is -0.311 e. The van der Waals surface area contributed by atoms with E-state index in [0.717, 1.165) is 39.6 Å². The van der Waals surface area contributed by atoms with Crippen molar-refractivity contribution in [3.63, 3.8) is 0 Å². The number of nitrogens with zero attached hydrogens (tertiary/aromatic N) is 2. The molecule has 0 fully saturated rings. The molecule has 0 aromatic heterocycles. The van der Waals surface area contributed by atoms with E-state index >= 15 is 8.78 Å². The first kappa shape index (κ1) is 23.7. The Balaban J connectivity index is 1.53. The van der Waals surface area contributed by atoms with E-state index < -0.39 is 11.6 Å². The normalized spacial score (nSPS) is 13.0. The molecular weight excluding hydrogens is 509 g/mol. The quantitative estimate of drug-likeness (QED) is 0.215. The van der Waals surface area contributed by atoms with E-state index in [-0.39, 0.29) is 12.3 Å². The van der Waals surface area contributed by atoms with E-state index in [4.69, 9.17) is 0 Å². The second-order valence-electron chi connectivity index (χ2n) is 10.4. The maximum absolute atomic E-state index is 15.3. The minimum absolute atomic E-state index is 0.0261. The first-order valence-electron chi connectivity index (χ1n) is 13.7. The van der Waals surface area contributed by atoms with Gasteiger partial charge in [0, 0.05) is 34.1 Å². The summed E-state index contributed by atoms with van der Waals surface area (Å²) in [6.45, 7) is -0.0492. The fourth-order valence-electron chi connectivity index (χ4n) is 6.53. The zero-order valence-electron chi connectivity index (χ0n) is 22.0. The molecular formula is C36H23BF2N2. The molecule has 8 rings (SSSR count). The van der Waals surface area contributed by atoms with E-state index in [1.165, 1.54) is 29.1 Å². The van der Waals surface area contributed by atoms with Gasteiger partial charge in [-0.25, -0.2) is 8.78 Å². The molecule has 0 aliphatic carbocycles. The number of rotatable bonds is 3. The molecule has 0 saturated carbocycles. The third-order valence-corrected chi connectivity index (χ3v) is 8.16. The summed E-state index contributed by atoms with van der Waals surface area (Å²) in [6.07, 6.45) is 0. The summed E-state index contributed by atoms with van der Waals surface area (Å²) in [5.41, 5.74) is 9.84. The number of para-hydroxylation sites is 4. The molecule has 2 heterocycles. The summed E-state index contributed by atoms with van der Waals surface area (Å²) < 4.78 is 30.7. The van der Waals surface area contributed by atoms with Gasteiger partial charge in [0.15, 0.2) is 0 Å². The molecule has 194 valence electrons. The SMILES string of the molecule is Fc1cccc(F)c1-c1cc2c3c(c1)N(c1ccccc1)c1ccccc1B3c1ccccc1N2c1ccccc1. The van der Waals surface area contributed by atoms with Crippen molar-refractivity contribution in [2.75, 3.05) is 9.80 Å². The second kappa shape index (κ2) is 9.21. The zero-order valence-corrected chi connectivity index (χ0v) is 22.0. The van der Waals surface area contributed by atoms with Crippen LogP contribution in [0.5, 0.6) is 0 Å². The fourth-order valence-corrected chi connectivity index (χ4v) is 6.53. The van der Waals surface area contributed by atoms with Crippen LogP contribution >= 0.6 is 0 Å². The van der Waals surface area contributed by atoms with Crippen LogP contribution in [-0.2, 0) is 0 Å². The Morgan fingerprint density at radius 1 is 0.439 bits per heavy atom. The lowest BCUT2D eigenvalue weighted by Gasteiger charge is -2.44. The first-order chi connectivity index (χ1) is 20.2. The molecule has 0 unspecified atom stereocenters. The maximum Gasteiger partial charge on any atom is 0.252 e. The largest absolute Gasteiger partial charge is 0.311 e. The van der Waals surface area contributed by atoms with Crippen molar-refractivity contribution in [1.29, 1.82) is 0 Å². The molecule has 0 radical (unpaired) electrons. The Labute approximate surface area is 237 Å². The molecule has 2 aliphatic rings. The molecule has 0 saturated heterocycles. The number of hydrogen-bond acceptors (Lipinski definition) is 2. The Kier molecular flexibility index (Phi) is 5.32. The van der Waals surface area contributed by atoms with Crippen LogP contribution in [-0.4, -0.2) is 6.71 Å². The minimum atomic E-state index is -0.585. The Morgan fingerprint density at radius 3 is 1.37 bits per heavy atom. The van der Waals surface area contributed by atoms with Crippen molar-refractivity contribution in [2.45, 2.75) is 0 Å². The standard InChI is InChI=1S/C36H23BF2N2/c38-29-18-11-19-30(39)35(29)24-22-33-36-34(23-24)41(26-14-5-2-6-15-26)32-21-10-8-17-28(32)37(36)27-16-7-9-20-31(27)40(33)25-12-3-1-4-13-25/h1-23H. The molecule has 2 aliphatic heterocycles. The molecule has 5 heteroatoms. The highest BCUT2D eigenvalue weighted by Gasteiger charge is 2.43. The predicted octanol–water partition coefficient (Wildman–Crippen LogP) is 7.71. The van der Waals surface area contributed by atoms with Gasteiger partial charge in [-0.1, -0.05) is 78.9 Å². The topological polar surface area (TPSA) is 6.48 Å². The van der Waals surface area contributed by atoms with Gasteiger partial charge in [0.25, 0.3) is 6.71 Å². The predicted molar refractivity (Wildman–Crippen MR) is 166 cm³/mol. The van der Waals surface area contributed by atoms with Crippen LogP contribution < -0.4 is 26.2 Å². The second-order valence-corrected chi connectivity index (χ2v) is 10.4. The lowest BCUT2D eigenvalue weighted by Crippen LogP contribution is -2.61. The third kappa shape index (κ3) is 3.55. The Bertz CT molecular complexity index is 1810. The molecule has 6 aromatic carbocycles. The average Bonchev–Trinajstić information content (AvgIpc) is 3.01. The van der Waals surface area contributed by atoms with Crippen LogP contribution in [0.3, 0.4) is 0 Å². The lowest BCUT2D eigenvalue weighted by molar-refractivity contribution is 0.589. The molecule has 0 N–H and O–H groups in total. The van der Waals surface area contributed by atoms with E-state index in [1.54, 1.807) is 0 Å². The van der Waals surface area contributed by atoms with Crippen molar-refractivity contribution in [3.05, 3.63) is 151 Å². The monoisotopic (exact) mass is 532 g/mol. The van der Waals surface area contributed by atoms with Crippen molar-refractivity contribution in [1.82, 2.24) is 0 Å². The smallest absolute Gasteiger partial charge is 0.252 e. The first-order valence-corrected chi connectivity index (χ1v) is 13.7. The molecule has 0 amide bonds. The van der Waals surface area contributed by atoms with Gasteiger partial charge >= 0.3 is 0 Å². The molecule has 0 bridgehead atoms. The summed E-state index contributed by atoms with van der Waals surface area (Å²) >= 11 is 0. The van der Waals surface area contributed by atoms with Crippen molar-refractivity contribution < 1.29 is 8.78 Å². The third-order valence-electron chi connectivity index (χ3n) is 8.16. The molecule has 2 nitrogen and oxygen atoms in total. The molecule has 41 heavy (non-hydrogen) atoms. The fraction of sp³-hybridized carbons (Fsp3) is 0. The van der Waals surface area contributed by atoms with Crippen LogP contribution in [0.15, 0.2) is 140 Å². The van der Waals surface area contributed by atoms with Gasteiger partial charge in [0.05, 0.1) is 5.56 Å². The highest BCUT2D eigenvalue weighted by molar-refractivity contribution is 7.00. The van der Waals surface area contributed by atoms with Gasteiger partial charge in [-0.05, 0) is 82.6 Å². The Hall–Kier alpha value is -5.16. The van der Waals surface area contributed by atoms with E-state index in [1.807, 2.05) is 60.7 Å². The zero-order chi connectivity index (χ0) is 27.5. The number of halogens is 2. The van der Waals surface area contributed by atoms with Gasteiger partial charge in [-0.2, -0.15) is 0 Å². The maximum atomic E-state index is 15.3. The number of fused-ring (bicyclic) bond motifs is 4. The van der Waals surface area contributed by atoms with Gasteiger partial charge in [0.2, 0.25) is 0 Å². The van der Waals surface area contributed by atoms with Gasteiger partial charge < -0.3 is 9.80 Å². The summed E-state index contributed by atoms with van der Waals surface area (Å²) in [4.78, 5) is 4.45. The van der Waals surface area contributed by atoms with E-state index in [2.05, 4.69) is 70.5 Å². The molecule has 0 atom stereocenters. The average molecular weight is 532 g/mol. The number of benzene rings is 6. The summed E-state index contributed by atoms with van der Waals surface area (Å²) in [6, 6.07) is 45.2. The number of hydrogen-bond donors (Lipinski definition) is 0. The van der Waals surface area contributed by atoms with Crippen LogP contribution in [0.2, 0.25) is 0 Å². The van der Waals surface area contributed by atoms with Crippen molar-refractivity contribution in [2.24, 2.45) is 0 Å². The van der Waals surface area contributed by atoms with Gasteiger partial charge in [0.1, 0.15) is 11.6 Å². The van der Waals surface area contributed by atoms with E-state index in [9.17, 15) is 0 Å². The molecule has 0 spiro atoms. The van der Waals surface area contributed by atoms with Crippen molar-refractivity contribution >= 4 is 57.2 Å².